The molecule has 6 nitrogen and oxygen atoms in total. The molecule has 0 aliphatic heterocycles. The van der Waals surface area contributed by atoms with Crippen molar-refractivity contribution in [1.29, 1.82) is 0 Å². The minimum atomic E-state index is 0.581. The molecule has 0 aliphatic rings. The van der Waals surface area contributed by atoms with Crippen molar-refractivity contribution >= 4 is 65.4 Å². The predicted molar refractivity (Wildman–Crippen MR) is 234 cm³/mol. The van der Waals surface area contributed by atoms with Crippen molar-refractivity contribution < 1.29 is 0 Å². The zero-order valence-electron chi connectivity index (χ0n) is 30.7. The molecule has 8 aromatic carbocycles. The third-order valence-electron chi connectivity index (χ3n) is 11.3. The lowest BCUT2D eigenvalue weighted by atomic mass is 10.1. The second kappa shape index (κ2) is 12.3. The van der Waals surface area contributed by atoms with Crippen molar-refractivity contribution in [1.82, 2.24) is 28.7 Å². The first-order valence-corrected chi connectivity index (χ1v) is 19.2. The minimum Gasteiger partial charge on any atom is -0.309 e. The van der Waals surface area contributed by atoms with Gasteiger partial charge in [0.15, 0.2) is 11.6 Å². The first-order valence-electron chi connectivity index (χ1n) is 19.2. The van der Waals surface area contributed by atoms with Gasteiger partial charge in [0.25, 0.3) is 0 Å². The Bertz CT molecular complexity index is 3450. The molecule has 0 amide bonds. The van der Waals surface area contributed by atoms with E-state index >= 15 is 0 Å². The van der Waals surface area contributed by atoms with Gasteiger partial charge in [-0.15, -0.1) is 0 Å². The number of nitrogens with zero attached hydrogens (tertiary/aromatic N) is 6. The Hall–Kier alpha value is -7.83. The number of rotatable bonds is 5. The lowest BCUT2D eigenvalue weighted by Gasteiger charge is -2.11. The topological polar surface area (TPSA) is 53.5 Å². The van der Waals surface area contributed by atoms with Crippen molar-refractivity contribution in [3.05, 3.63) is 194 Å². The van der Waals surface area contributed by atoms with Crippen molar-refractivity contribution in [2.75, 3.05) is 0 Å². The van der Waals surface area contributed by atoms with Crippen LogP contribution in [-0.2, 0) is 0 Å². The smallest absolute Gasteiger partial charge is 0.238 e. The Balaban J connectivity index is 1.14. The van der Waals surface area contributed by atoms with E-state index in [1.54, 1.807) is 0 Å². The van der Waals surface area contributed by atoms with Crippen LogP contribution in [0.15, 0.2) is 194 Å². The molecule has 0 spiro atoms. The van der Waals surface area contributed by atoms with Gasteiger partial charge in [-0.1, -0.05) is 133 Å². The predicted octanol–water partition coefficient (Wildman–Crippen LogP) is 12.5. The standard InChI is InChI=1S/C51H32N6/c1-4-16-33(17-5-1)49-52-50(34-18-6-2-7-19-34)54-51(53-49)57-43-27-15-12-24-39(43)48-46(57)31-30-45-47(48)38-23-11-14-26-42(38)56(45)36-28-29-44-40(32-36)37-22-10-13-25-41(37)55(44)35-20-8-3-9-21-35/h1-32H. The summed E-state index contributed by atoms with van der Waals surface area (Å²) in [5.41, 5.74) is 10.9. The molecule has 0 bridgehead atoms. The summed E-state index contributed by atoms with van der Waals surface area (Å²) < 4.78 is 7.00. The highest BCUT2D eigenvalue weighted by Crippen LogP contribution is 2.43. The van der Waals surface area contributed by atoms with E-state index in [9.17, 15) is 0 Å². The summed E-state index contributed by atoms with van der Waals surface area (Å²) in [4.78, 5) is 15.3. The van der Waals surface area contributed by atoms with Crippen molar-refractivity contribution in [2.24, 2.45) is 0 Å². The van der Waals surface area contributed by atoms with E-state index in [0.29, 0.717) is 17.6 Å². The largest absolute Gasteiger partial charge is 0.309 e. The van der Waals surface area contributed by atoms with Crippen LogP contribution in [0.1, 0.15) is 0 Å². The van der Waals surface area contributed by atoms with E-state index in [1.165, 1.54) is 38.0 Å². The summed E-state index contributed by atoms with van der Waals surface area (Å²) in [7, 11) is 0. The molecule has 0 saturated heterocycles. The Morgan fingerprint density at radius 1 is 0.281 bits per heavy atom. The first kappa shape index (κ1) is 31.5. The van der Waals surface area contributed by atoms with Crippen LogP contribution in [0.2, 0.25) is 0 Å². The van der Waals surface area contributed by atoms with E-state index in [0.717, 1.165) is 50.0 Å². The SMILES string of the molecule is c1ccc(-c2nc(-c3ccccc3)nc(-n3c4ccccc4c4c5c6ccccc6n(-c6ccc7c(c6)c6ccccc6n7-c6ccccc6)c5ccc43)n2)cc1. The molecule has 12 aromatic rings. The van der Waals surface area contributed by atoms with Gasteiger partial charge in [0.1, 0.15) is 0 Å². The second-order valence-corrected chi connectivity index (χ2v) is 14.5. The van der Waals surface area contributed by atoms with Crippen LogP contribution in [0.4, 0.5) is 0 Å². The third kappa shape index (κ3) is 4.74. The maximum absolute atomic E-state index is 5.18. The summed E-state index contributed by atoms with van der Waals surface area (Å²) in [5, 5.41) is 7.15. The first-order chi connectivity index (χ1) is 28.3. The van der Waals surface area contributed by atoms with Gasteiger partial charge in [-0.3, -0.25) is 4.57 Å². The van der Waals surface area contributed by atoms with E-state index in [-0.39, 0.29) is 0 Å². The Morgan fingerprint density at radius 2 is 0.702 bits per heavy atom. The average molecular weight is 729 g/mol. The molecule has 4 aromatic heterocycles. The van der Waals surface area contributed by atoms with Gasteiger partial charge >= 0.3 is 0 Å². The molecule has 266 valence electrons. The maximum Gasteiger partial charge on any atom is 0.238 e. The molecule has 0 aliphatic carbocycles. The molecule has 6 heteroatoms. The van der Waals surface area contributed by atoms with Gasteiger partial charge in [0.05, 0.1) is 33.1 Å². The average Bonchev–Trinajstić information content (AvgIpc) is 3.92. The highest BCUT2D eigenvalue weighted by Gasteiger charge is 2.23. The fourth-order valence-electron chi connectivity index (χ4n) is 8.86. The van der Waals surface area contributed by atoms with Gasteiger partial charge in [0, 0.05) is 54.8 Å². The fraction of sp³-hybridized carbons (Fsp3) is 0. The quantitative estimate of drug-likeness (QED) is 0.177. The summed E-state index contributed by atoms with van der Waals surface area (Å²) in [6.45, 7) is 0. The molecule has 0 saturated carbocycles. The summed E-state index contributed by atoms with van der Waals surface area (Å²) in [6, 6.07) is 68.4. The van der Waals surface area contributed by atoms with Crippen LogP contribution in [0, 0.1) is 0 Å². The summed E-state index contributed by atoms with van der Waals surface area (Å²) >= 11 is 0. The van der Waals surface area contributed by atoms with Crippen molar-refractivity contribution in [3.63, 3.8) is 0 Å². The van der Waals surface area contributed by atoms with Crippen LogP contribution in [-0.4, -0.2) is 28.7 Å². The molecule has 57 heavy (non-hydrogen) atoms. The van der Waals surface area contributed by atoms with Gasteiger partial charge in [0.2, 0.25) is 5.95 Å². The normalized spacial score (nSPS) is 11.9. The van der Waals surface area contributed by atoms with Crippen LogP contribution in [0.3, 0.4) is 0 Å². The van der Waals surface area contributed by atoms with Crippen LogP contribution < -0.4 is 0 Å². The zero-order valence-corrected chi connectivity index (χ0v) is 30.7. The van der Waals surface area contributed by atoms with Crippen LogP contribution in [0.25, 0.3) is 106 Å². The molecule has 0 atom stereocenters. The molecule has 0 radical (unpaired) electrons. The molecule has 0 fully saturated rings. The maximum atomic E-state index is 5.18. The monoisotopic (exact) mass is 728 g/mol. The third-order valence-corrected chi connectivity index (χ3v) is 11.3. The number of hydrogen-bond donors (Lipinski definition) is 0. The summed E-state index contributed by atoms with van der Waals surface area (Å²) in [5.74, 6) is 1.84. The molecule has 0 unspecified atom stereocenters. The number of benzene rings is 8. The molecular weight excluding hydrogens is 697 g/mol. The van der Waals surface area contributed by atoms with E-state index in [1.807, 2.05) is 36.4 Å². The lowest BCUT2D eigenvalue weighted by Crippen LogP contribution is -2.06. The Labute approximate surface area is 327 Å². The lowest BCUT2D eigenvalue weighted by molar-refractivity contribution is 0.953. The zero-order chi connectivity index (χ0) is 37.5. The van der Waals surface area contributed by atoms with Crippen molar-refractivity contribution in [3.8, 4) is 40.1 Å². The molecular formula is C51H32N6. The fourth-order valence-corrected chi connectivity index (χ4v) is 8.86. The van der Waals surface area contributed by atoms with Gasteiger partial charge in [-0.25, -0.2) is 4.98 Å². The Kier molecular flexibility index (Phi) is 6.83. The van der Waals surface area contributed by atoms with E-state index < -0.39 is 0 Å². The summed E-state index contributed by atoms with van der Waals surface area (Å²) in [6.07, 6.45) is 0. The van der Waals surface area contributed by atoms with Gasteiger partial charge < -0.3 is 9.13 Å². The number of fused-ring (bicyclic) bond motifs is 10. The van der Waals surface area contributed by atoms with Crippen LogP contribution in [0.5, 0.6) is 0 Å². The van der Waals surface area contributed by atoms with E-state index in [4.69, 9.17) is 15.0 Å². The molecule has 4 heterocycles. The molecule has 0 N–H and O–H groups in total. The number of para-hydroxylation sites is 4. The second-order valence-electron chi connectivity index (χ2n) is 14.5. The van der Waals surface area contributed by atoms with E-state index in [2.05, 4.69) is 171 Å². The van der Waals surface area contributed by atoms with Crippen LogP contribution >= 0.6 is 0 Å². The highest BCUT2D eigenvalue weighted by molar-refractivity contribution is 6.29. The highest BCUT2D eigenvalue weighted by atomic mass is 15.2. The number of aromatic nitrogens is 6. The number of hydrogen-bond acceptors (Lipinski definition) is 3. The van der Waals surface area contributed by atoms with Gasteiger partial charge in [-0.05, 0) is 60.7 Å². The van der Waals surface area contributed by atoms with Gasteiger partial charge in [-0.2, -0.15) is 9.97 Å². The minimum absolute atomic E-state index is 0.581. The molecule has 12 rings (SSSR count). The Morgan fingerprint density at radius 3 is 1.30 bits per heavy atom. The van der Waals surface area contributed by atoms with Crippen molar-refractivity contribution in [2.45, 2.75) is 0 Å².